The second-order valence-corrected chi connectivity index (χ2v) is 14.7. The van der Waals surface area contributed by atoms with Crippen LogP contribution in [-0.2, 0) is 26.0 Å². The van der Waals surface area contributed by atoms with E-state index in [0.717, 1.165) is 80.4 Å². The Hall–Kier alpha value is -2.63. The Morgan fingerprint density at radius 2 is 1.86 bits per heavy atom. The Bertz CT molecular complexity index is 1400. The number of anilines is 1. The van der Waals surface area contributed by atoms with E-state index in [-0.39, 0.29) is 28.6 Å². The molecule has 44 heavy (non-hydrogen) atoms. The van der Waals surface area contributed by atoms with Gasteiger partial charge < -0.3 is 24.3 Å². The van der Waals surface area contributed by atoms with Crippen LogP contribution in [0.4, 0.5) is 5.69 Å². The third kappa shape index (κ3) is 8.14. The van der Waals surface area contributed by atoms with Gasteiger partial charge in [-0.05, 0) is 103 Å². The summed E-state index contributed by atoms with van der Waals surface area (Å²) in [4.78, 5) is 2.55. The highest BCUT2D eigenvalue weighted by Crippen LogP contribution is 2.52. The van der Waals surface area contributed by atoms with Crippen LogP contribution in [0.25, 0.3) is 0 Å². The fraction of sp³-hybridized carbons (Fsp3) is 0.588. The van der Waals surface area contributed by atoms with Crippen molar-refractivity contribution in [3.8, 4) is 11.5 Å². The molecule has 0 amide bonds. The molecule has 3 atom stereocenters. The largest absolute Gasteiger partial charge is 0.489 e. The molecule has 9 nitrogen and oxygen atoms in total. The molecule has 2 aromatic carbocycles. The zero-order valence-electron chi connectivity index (χ0n) is 26.9. The van der Waals surface area contributed by atoms with Crippen molar-refractivity contribution in [1.29, 1.82) is 0 Å². The topological polar surface area (TPSA) is 98.4 Å². The van der Waals surface area contributed by atoms with E-state index in [1.54, 1.807) is 24.3 Å². The lowest BCUT2D eigenvalue weighted by molar-refractivity contribution is -0.144. The van der Waals surface area contributed by atoms with E-state index < -0.39 is 10.0 Å². The lowest BCUT2D eigenvalue weighted by atomic mass is 9.75. The minimum atomic E-state index is -3.58. The number of rotatable bonds is 12. The van der Waals surface area contributed by atoms with Crippen molar-refractivity contribution in [3.05, 3.63) is 59.2 Å². The Morgan fingerprint density at radius 1 is 1.11 bits per heavy atom. The Morgan fingerprint density at radius 3 is 2.59 bits per heavy atom. The molecule has 0 aromatic heterocycles. The summed E-state index contributed by atoms with van der Waals surface area (Å²) in [7, 11) is -3.58. The maximum Gasteiger partial charge on any atom is 0.240 e. The molecule has 0 radical (unpaired) electrons. The molecule has 5 rings (SSSR count). The van der Waals surface area contributed by atoms with Gasteiger partial charge in [-0.3, -0.25) is 4.90 Å². The first-order valence-electron chi connectivity index (χ1n) is 15.9. The van der Waals surface area contributed by atoms with Crippen LogP contribution >= 0.6 is 0 Å². The fourth-order valence-electron chi connectivity index (χ4n) is 6.21. The second kappa shape index (κ2) is 14.2. The summed E-state index contributed by atoms with van der Waals surface area (Å²) in [6.45, 7) is 16.0. The molecule has 3 aliphatic heterocycles. The maximum atomic E-state index is 12.9. The molecule has 3 aliphatic rings. The first-order chi connectivity index (χ1) is 21.0. The van der Waals surface area contributed by atoms with Crippen LogP contribution in [0, 0.1) is 5.92 Å². The van der Waals surface area contributed by atoms with Gasteiger partial charge in [0, 0.05) is 48.9 Å². The average molecular weight is 628 g/mol. The van der Waals surface area contributed by atoms with Crippen molar-refractivity contribution in [1.82, 2.24) is 9.62 Å². The summed E-state index contributed by atoms with van der Waals surface area (Å²) in [6.07, 6.45) is 5.07. The van der Waals surface area contributed by atoms with Gasteiger partial charge in [-0.2, -0.15) is 0 Å². The number of fused-ring (bicyclic) bond motifs is 3. The fourth-order valence-corrected chi connectivity index (χ4v) is 7.28. The molecule has 242 valence electrons. The van der Waals surface area contributed by atoms with E-state index in [9.17, 15) is 8.42 Å². The van der Waals surface area contributed by atoms with Gasteiger partial charge in [-0.25, -0.2) is 13.1 Å². The summed E-state index contributed by atoms with van der Waals surface area (Å²) in [6, 6.07) is 11.0. The molecule has 0 spiro atoms. The molecule has 2 N–H and O–H groups in total. The monoisotopic (exact) mass is 627 g/mol. The highest BCUT2D eigenvalue weighted by Gasteiger charge is 2.47. The van der Waals surface area contributed by atoms with Crippen LogP contribution in [-0.4, -0.2) is 71.0 Å². The molecule has 2 fully saturated rings. The molecular weight excluding hydrogens is 578 g/mol. The molecule has 3 heterocycles. The van der Waals surface area contributed by atoms with Crippen LogP contribution in [0.2, 0.25) is 0 Å². The van der Waals surface area contributed by atoms with Gasteiger partial charge in [0.1, 0.15) is 23.7 Å². The van der Waals surface area contributed by atoms with Gasteiger partial charge in [0.05, 0.1) is 30.3 Å². The first kappa shape index (κ1) is 32.8. The number of ether oxygens (including phenoxy) is 4. The summed E-state index contributed by atoms with van der Waals surface area (Å²) < 4.78 is 53.2. The number of allylic oxidation sites excluding steroid dienone is 1. The number of hydrogen-bond acceptors (Lipinski definition) is 8. The number of sulfonamides is 1. The molecular formula is C34H49N3O6S. The predicted octanol–water partition coefficient (Wildman–Crippen LogP) is 5.67. The SMILES string of the molecule is CC(C)=CCOc1cc2c(cc1CNc1ccc(S(=O)(=O)NCCCN3CCOCC3)cc1)OC(C)(C)[C@H]1CC[C@H](C)O[C@H]21. The Labute approximate surface area is 263 Å². The summed E-state index contributed by atoms with van der Waals surface area (Å²) in [5, 5.41) is 3.45. The number of morpholine rings is 1. The average Bonchev–Trinajstić information content (AvgIpc) is 2.99. The number of benzene rings is 2. The van der Waals surface area contributed by atoms with Crippen LogP contribution < -0.4 is 19.5 Å². The smallest absolute Gasteiger partial charge is 0.240 e. The third-order valence-electron chi connectivity index (χ3n) is 8.82. The standard InChI is InChI=1S/C34H49N3O6S/c1-24(2)13-18-41-31-22-29-32(43-34(4,5)30-12-7-25(3)42-33(29)30)21-26(31)23-35-27-8-10-28(11-9-27)44(38,39)36-14-6-15-37-16-19-40-20-17-37/h8-11,13,21-22,25,30,33,35-36H,6-7,12,14-20,23H2,1-5H3/t25-,30-,33+/m0/s1. The summed E-state index contributed by atoms with van der Waals surface area (Å²) in [5.41, 5.74) is 3.67. The first-order valence-corrected chi connectivity index (χ1v) is 17.4. The molecule has 0 unspecified atom stereocenters. The second-order valence-electron chi connectivity index (χ2n) is 12.9. The van der Waals surface area contributed by atoms with Crippen molar-refractivity contribution >= 4 is 15.7 Å². The normalized spacial score (nSPS) is 23.2. The number of hydrogen-bond donors (Lipinski definition) is 2. The van der Waals surface area contributed by atoms with Gasteiger partial charge in [0.25, 0.3) is 0 Å². The van der Waals surface area contributed by atoms with Crippen LogP contribution in [0.15, 0.2) is 52.9 Å². The zero-order valence-corrected chi connectivity index (χ0v) is 27.7. The summed E-state index contributed by atoms with van der Waals surface area (Å²) >= 11 is 0. The van der Waals surface area contributed by atoms with Crippen molar-refractivity contribution in [2.24, 2.45) is 5.92 Å². The minimum absolute atomic E-state index is 0.0345. The van der Waals surface area contributed by atoms with E-state index >= 15 is 0 Å². The molecule has 2 saturated heterocycles. The predicted molar refractivity (Wildman–Crippen MR) is 173 cm³/mol. The molecule has 2 aromatic rings. The zero-order chi connectivity index (χ0) is 31.3. The Kier molecular flexibility index (Phi) is 10.6. The van der Waals surface area contributed by atoms with Gasteiger partial charge in [0.15, 0.2) is 0 Å². The third-order valence-corrected chi connectivity index (χ3v) is 10.3. The molecule has 0 bridgehead atoms. The van der Waals surface area contributed by atoms with Crippen molar-refractivity contribution < 1.29 is 27.4 Å². The van der Waals surface area contributed by atoms with E-state index in [2.05, 4.69) is 67.8 Å². The molecule has 0 aliphatic carbocycles. The van der Waals surface area contributed by atoms with Crippen LogP contribution in [0.3, 0.4) is 0 Å². The molecule has 10 heteroatoms. The van der Waals surface area contributed by atoms with Crippen molar-refractivity contribution in [2.45, 2.75) is 83.1 Å². The number of nitrogens with zero attached hydrogens (tertiary/aromatic N) is 1. The van der Waals surface area contributed by atoms with Gasteiger partial charge in [-0.1, -0.05) is 5.57 Å². The van der Waals surface area contributed by atoms with Gasteiger partial charge >= 0.3 is 0 Å². The number of nitrogens with one attached hydrogen (secondary N) is 2. The maximum absolute atomic E-state index is 12.9. The van der Waals surface area contributed by atoms with E-state index in [1.165, 1.54) is 5.57 Å². The van der Waals surface area contributed by atoms with E-state index in [1.807, 2.05) is 0 Å². The molecule has 0 saturated carbocycles. The van der Waals surface area contributed by atoms with Crippen molar-refractivity contribution in [2.75, 3.05) is 51.3 Å². The van der Waals surface area contributed by atoms with E-state index in [4.69, 9.17) is 18.9 Å². The van der Waals surface area contributed by atoms with Crippen molar-refractivity contribution in [3.63, 3.8) is 0 Å². The lowest BCUT2D eigenvalue weighted by Crippen LogP contribution is -2.48. The highest BCUT2D eigenvalue weighted by molar-refractivity contribution is 7.89. The lowest BCUT2D eigenvalue weighted by Gasteiger charge is -2.48. The summed E-state index contributed by atoms with van der Waals surface area (Å²) in [5.74, 6) is 1.89. The van der Waals surface area contributed by atoms with E-state index in [0.29, 0.717) is 19.7 Å². The van der Waals surface area contributed by atoms with Gasteiger partial charge in [0.2, 0.25) is 10.0 Å². The van der Waals surface area contributed by atoms with Crippen LogP contribution in [0.1, 0.15) is 71.1 Å². The minimum Gasteiger partial charge on any atom is -0.489 e. The highest BCUT2D eigenvalue weighted by atomic mass is 32.2. The quantitative estimate of drug-likeness (QED) is 0.230. The van der Waals surface area contributed by atoms with Crippen LogP contribution in [0.5, 0.6) is 11.5 Å². The van der Waals surface area contributed by atoms with Gasteiger partial charge in [-0.15, -0.1) is 0 Å². The Balaban J connectivity index is 1.26.